The number of carbonyl (C=O) groups is 1. The third-order valence-electron chi connectivity index (χ3n) is 5.05. The van der Waals surface area contributed by atoms with E-state index in [0.717, 1.165) is 58.2 Å². The largest absolute Gasteiger partial charge is 0.465 e. The average molecular weight is 362 g/mol. The smallest absolute Gasteiger partial charge is 0.407 e. The molecular formula is C16H31N3O4S. The van der Waals surface area contributed by atoms with Crippen LogP contribution in [0.1, 0.15) is 44.9 Å². The molecule has 2 fully saturated rings. The van der Waals surface area contributed by atoms with E-state index in [2.05, 4.69) is 9.62 Å². The molecule has 1 amide bonds. The predicted molar refractivity (Wildman–Crippen MR) is 93.6 cm³/mol. The second kappa shape index (κ2) is 9.58. The Balaban J connectivity index is 1.53. The Morgan fingerprint density at radius 1 is 1.04 bits per heavy atom. The van der Waals surface area contributed by atoms with Crippen molar-refractivity contribution in [1.82, 2.24) is 14.5 Å². The molecule has 0 aromatic heterocycles. The van der Waals surface area contributed by atoms with Crippen LogP contribution in [0, 0.1) is 5.92 Å². The lowest BCUT2D eigenvalue weighted by Gasteiger charge is -2.33. The summed E-state index contributed by atoms with van der Waals surface area (Å²) in [5.41, 5.74) is 0. The van der Waals surface area contributed by atoms with Crippen LogP contribution >= 0.6 is 0 Å². The van der Waals surface area contributed by atoms with Crippen molar-refractivity contribution < 1.29 is 18.3 Å². The summed E-state index contributed by atoms with van der Waals surface area (Å²) in [6.45, 7) is 4.05. The van der Waals surface area contributed by atoms with Crippen molar-refractivity contribution in [2.75, 3.05) is 45.0 Å². The molecule has 0 radical (unpaired) electrons. The molecule has 0 atom stereocenters. The van der Waals surface area contributed by atoms with Crippen molar-refractivity contribution in [2.45, 2.75) is 44.9 Å². The summed E-state index contributed by atoms with van der Waals surface area (Å²) in [5.74, 6) is 0.617. The molecule has 7 nitrogen and oxygen atoms in total. The second-order valence-corrected chi connectivity index (χ2v) is 8.85. The minimum Gasteiger partial charge on any atom is -0.465 e. The van der Waals surface area contributed by atoms with Crippen LogP contribution < -0.4 is 4.72 Å². The third-order valence-corrected chi connectivity index (χ3v) is 6.60. The summed E-state index contributed by atoms with van der Waals surface area (Å²) in [6, 6.07) is 0. The van der Waals surface area contributed by atoms with Gasteiger partial charge in [0.2, 0.25) is 10.0 Å². The molecule has 0 aromatic carbocycles. The molecule has 24 heavy (non-hydrogen) atoms. The van der Waals surface area contributed by atoms with Crippen molar-refractivity contribution in [3.05, 3.63) is 0 Å². The summed E-state index contributed by atoms with van der Waals surface area (Å²) in [5, 5.41) is 8.91. The highest BCUT2D eigenvalue weighted by Gasteiger charge is 2.21. The maximum atomic E-state index is 12.1. The van der Waals surface area contributed by atoms with Gasteiger partial charge >= 0.3 is 6.09 Å². The van der Waals surface area contributed by atoms with Crippen molar-refractivity contribution >= 4 is 16.1 Å². The molecule has 1 aliphatic carbocycles. The molecule has 140 valence electrons. The first-order valence-corrected chi connectivity index (χ1v) is 10.8. The maximum absolute atomic E-state index is 12.1. The van der Waals surface area contributed by atoms with Gasteiger partial charge in [0, 0.05) is 32.7 Å². The molecule has 1 saturated carbocycles. The summed E-state index contributed by atoms with van der Waals surface area (Å²) in [7, 11) is -3.14. The van der Waals surface area contributed by atoms with Crippen LogP contribution in [-0.4, -0.2) is 74.4 Å². The number of amides is 1. The number of rotatable bonds is 8. The fourth-order valence-corrected chi connectivity index (χ4v) is 5.10. The first kappa shape index (κ1) is 19.5. The van der Waals surface area contributed by atoms with Crippen LogP contribution in [0.4, 0.5) is 4.79 Å². The minimum atomic E-state index is -3.14. The van der Waals surface area contributed by atoms with E-state index in [9.17, 15) is 13.2 Å². The van der Waals surface area contributed by atoms with Gasteiger partial charge in [-0.2, -0.15) is 0 Å². The summed E-state index contributed by atoms with van der Waals surface area (Å²) >= 11 is 0. The van der Waals surface area contributed by atoms with E-state index in [4.69, 9.17) is 5.11 Å². The van der Waals surface area contributed by atoms with Crippen LogP contribution in [0.5, 0.6) is 0 Å². The first-order chi connectivity index (χ1) is 11.5. The average Bonchev–Trinajstić information content (AvgIpc) is 2.55. The number of hydrogen-bond acceptors (Lipinski definition) is 4. The molecule has 2 rings (SSSR count). The van der Waals surface area contributed by atoms with Gasteiger partial charge in [-0.25, -0.2) is 17.9 Å². The lowest BCUT2D eigenvalue weighted by atomic mass is 9.91. The summed E-state index contributed by atoms with van der Waals surface area (Å²) in [4.78, 5) is 14.5. The van der Waals surface area contributed by atoms with Crippen molar-refractivity contribution in [3.8, 4) is 0 Å². The Hall–Kier alpha value is -0.860. The van der Waals surface area contributed by atoms with Crippen LogP contribution in [0.3, 0.4) is 0 Å². The second-order valence-electron chi connectivity index (χ2n) is 7.00. The van der Waals surface area contributed by atoms with Crippen LogP contribution in [0.2, 0.25) is 0 Å². The Morgan fingerprint density at radius 2 is 1.71 bits per heavy atom. The minimum absolute atomic E-state index is 0.282. The molecule has 1 heterocycles. The van der Waals surface area contributed by atoms with Gasteiger partial charge in [-0.15, -0.1) is 0 Å². The maximum Gasteiger partial charge on any atom is 0.407 e. The van der Waals surface area contributed by atoms with Crippen LogP contribution in [0.25, 0.3) is 0 Å². The van der Waals surface area contributed by atoms with E-state index in [0.29, 0.717) is 25.6 Å². The monoisotopic (exact) mass is 361 g/mol. The Labute approximate surface area is 145 Å². The molecule has 0 unspecified atom stereocenters. The highest BCUT2D eigenvalue weighted by atomic mass is 32.2. The number of sulfonamides is 1. The SMILES string of the molecule is O=C(O)N1CCN(CCCCNS(=O)(=O)CC2CCCCC2)CC1. The highest BCUT2D eigenvalue weighted by Crippen LogP contribution is 2.24. The molecule has 1 saturated heterocycles. The van der Waals surface area contributed by atoms with Crippen molar-refractivity contribution in [1.29, 1.82) is 0 Å². The van der Waals surface area contributed by atoms with Crippen LogP contribution in [0.15, 0.2) is 0 Å². The molecule has 0 spiro atoms. The van der Waals surface area contributed by atoms with Gasteiger partial charge in [-0.1, -0.05) is 19.3 Å². The van der Waals surface area contributed by atoms with Gasteiger partial charge in [0.1, 0.15) is 0 Å². The number of nitrogens with one attached hydrogen (secondary N) is 1. The fraction of sp³-hybridized carbons (Fsp3) is 0.938. The topological polar surface area (TPSA) is 89.9 Å². The summed E-state index contributed by atoms with van der Waals surface area (Å²) in [6.07, 6.45) is 6.56. The van der Waals surface area contributed by atoms with Gasteiger partial charge in [0.15, 0.2) is 0 Å². The van der Waals surface area contributed by atoms with Gasteiger partial charge in [0.05, 0.1) is 5.75 Å². The molecule has 1 aliphatic heterocycles. The Morgan fingerprint density at radius 3 is 2.33 bits per heavy atom. The number of carboxylic acid groups (broad SMARTS) is 1. The standard InChI is InChI=1S/C16H31N3O4S/c20-16(21)19-12-10-18(11-13-19)9-5-4-8-17-24(22,23)14-15-6-2-1-3-7-15/h15,17H,1-14H2,(H,20,21). The van der Waals surface area contributed by atoms with Gasteiger partial charge in [-0.3, -0.25) is 4.90 Å². The first-order valence-electron chi connectivity index (χ1n) is 9.14. The number of nitrogens with zero attached hydrogens (tertiary/aromatic N) is 2. The van der Waals surface area contributed by atoms with Gasteiger partial charge < -0.3 is 10.0 Å². The number of unbranched alkanes of at least 4 members (excludes halogenated alkanes) is 1. The normalized spacial score (nSPS) is 21.1. The lowest BCUT2D eigenvalue weighted by Crippen LogP contribution is -2.48. The number of piperazine rings is 1. The Kier molecular flexibility index (Phi) is 7.77. The third kappa shape index (κ3) is 6.94. The van der Waals surface area contributed by atoms with Crippen molar-refractivity contribution in [2.24, 2.45) is 5.92 Å². The lowest BCUT2D eigenvalue weighted by molar-refractivity contribution is 0.105. The summed E-state index contributed by atoms with van der Waals surface area (Å²) < 4.78 is 26.9. The van der Waals surface area contributed by atoms with Crippen molar-refractivity contribution in [3.63, 3.8) is 0 Å². The molecule has 0 bridgehead atoms. The highest BCUT2D eigenvalue weighted by molar-refractivity contribution is 7.89. The zero-order valence-electron chi connectivity index (χ0n) is 14.5. The van der Waals surface area contributed by atoms with Gasteiger partial charge in [0.25, 0.3) is 0 Å². The number of hydrogen-bond donors (Lipinski definition) is 2. The molecule has 0 aromatic rings. The van der Waals surface area contributed by atoms with Crippen LogP contribution in [-0.2, 0) is 10.0 Å². The van der Waals surface area contributed by atoms with E-state index in [1.807, 2.05) is 0 Å². The zero-order valence-corrected chi connectivity index (χ0v) is 15.3. The van der Waals surface area contributed by atoms with E-state index in [1.165, 1.54) is 11.3 Å². The van der Waals surface area contributed by atoms with E-state index < -0.39 is 16.1 Å². The Bertz CT molecular complexity index is 484. The molecule has 2 N–H and O–H groups in total. The molecular weight excluding hydrogens is 330 g/mol. The molecule has 8 heteroatoms. The van der Waals surface area contributed by atoms with E-state index in [1.54, 1.807) is 0 Å². The van der Waals surface area contributed by atoms with E-state index >= 15 is 0 Å². The molecule has 2 aliphatic rings. The zero-order chi connectivity index (χ0) is 17.4. The van der Waals surface area contributed by atoms with E-state index in [-0.39, 0.29) is 5.75 Å². The quantitative estimate of drug-likeness (QED) is 0.641. The fourth-order valence-electron chi connectivity index (χ4n) is 3.57. The predicted octanol–water partition coefficient (Wildman–Crippen LogP) is 1.56. The van der Waals surface area contributed by atoms with Gasteiger partial charge in [-0.05, 0) is 38.1 Å².